The van der Waals surface area contributed by atoms with Crippen LogP contribution in [0.1, 0.15) is 22.4 Å². The Labute approximate surface area is 145 Å². The third kappa shape index (κ3) is 3.84. The van der Waals surface area contributed by atoms with Crippen molar-refractivity contribution in [1.29, 1.82) is 0 Å². The minimum atomic E-state index is -0.807. The van der Waals surface area contributed by atoms with E-state index in [-0.39, 0.29) is 10.2 Å². The number of rotatable bonds is 6. The summed E-state index contributed by atoms with van der Waals surface area (Å²) < 4.78 is 0. The molecule has 0 saturated carbocycles. The first-order chi connectivity index (χ1) is 11.8. The molecular formula is C20H17NO2S. The van der Waals surface area contributed by atoms with Crippen molar-refractivity contribution in [3.63, 3.8) is 0 Å². The zero-order valence-electron chi connectivity index (χ0n) is 13.0. The van der Waals surface area contributed by atoms with Gasteiger partial charge in [-0.25, -0.2) is 0 Å². The molecule has 0 aliphatic carbocycles. The van der Waals surface area contributed by atoms with Crippen LogP contribution in [0.25, 0.3) is 0 Å². The van der Waals surface area contributed by atoms with Crippen LogP contribution in [0.4, 0.5) is 0 Å². The summed E-state index contributed by atoms with van der Waals surface area (Å²) in [5.41, 5.74) is 1.68. The second-order valence-corrected chi connectivity index (χ2v) is 6.62. The second-order valence-electron chi connectivity index (χ2n) is 5.40. The van der Waals surface area contributed by atoms with Crippen molar-refractivity contribution in [2.45, 2.75) is 16.2 Å². The van der Waals surface area contributed by atoms with E-state index in [1.54, 1.807) is 0 Å². The molecule has 2 atom stereocenters. The van der Waals surface area contributed by atoms with E-state index in [9.17, 15) is 10.1 Å². The van der Waals surface area contributed by atoms with Gasteiger partial charge >= 0.3 is 0 Å². The van der Waals surface area contributed by atoms with E-state index in [1.165, 1.54) is 11.8 Å². The maximum absolute atomic E-state index is 11.9. The molecule has 0 saturated heterocycles. The molecule has 3 rings (SSSR count). The summed E-state index contributed by atoms with van der Waals surface area (Å²) in [5.74, 6) is 0. The number of thioether (sulfide) groups is 1. The fourth-order valence-corrected chi connectivity index (χ4v) is 3.95. The molecule has 0 aliphatic rings. The molecule has 3 aromatic carbocycles. The minimum Gasteiger partial charge on any atom is -0.264 e. The lowest BCUT2D eigenvalue weighted by molar-refractivity contribution is -0.529. The number of nitro groups is 1. The fraction of sp³-hybridized carbons (Fsp3) is 0.100. The molecule has 0 aromatic heterocycles. The largest absolute Gasteiger partial charge is 0.264 e. The minimum absolute atomic E-state index is 0.178. The highest BCUT2D eigenvalue weighted by Crippen LogP contribution is 2.45. The number of hydrogen-bond acceptors (Lipinski definition) is 3. The van der Waals surface area contributed by atoms with Crippen molar-refractivity contribution < 1.29 is 4.92 Å². The molecule has 120 valence electrons. The van der Waals surface area contributed by atoms with Gasteiger partial charge in [0.15, 0.2) is 0 Å². The van der Waals surface area contributed by atoms with E-state index < -0.39 is 6.04 Å². The van der Waals surface area contributed by atoms with E-state index in [1.807, 2.05) is 91.0 Å². The number of benzene rings is 3. The van der Waals surface area contributed by atoms with Gasteiger partial charge in [-0.15, -0.1) is 11.8 Å². The zero-order chi connectivity index (χ0) is 16.8. The molecule has 3 nitrogen and oxygen atoms in total. The third-order valence-electron chi connectivity index (χ3n) is 3.79. The SMILES string of the molecule is O=[N+]([O-])[C@H](c1ccccc1)[C@@H](Sc1ccccc1)c1ccccc1. The third-order valence-corrected chi connectivity index (χ3v) is 5.12. The Balaban J connectivity index is 2.03. The molecule has 4 heteroatoms. The van der Waals surface area contributed by atoms with E-state index in [0.717, 1.165) is 16.0 Å². The first kappa shape index (κ1) is 16.3. The average Bonchev–Trinajstić information content (AvgIpc) is 2.63. The maximum atomic E-state index is 11.9. The van der Waals surface area contributed by atoms with E-state index in [0.29, 0.717) is 0 Å². The zero-order valence-corrected chi connectivity index (χ0v) is 13.8. The van der Waals surface area contributed by atoms with E-state index in [2.05, 4.69) is 0 Å². The van der Waals surface area contributed by atoms with Crippen LogP contribution in [0, 0.1) is 10.1 Å². The molecule has 0 fully saturated rings. The number of nitrogens with zero attached hydrogens (tertiary/aromatic N) is 1. The van der Waals surface area contributed by atoms with Crippen molar-refractivity contribution in [2.24, 2.45) is 0 Å². The summed E-state index contributed by atoms with van der Waals surface area (Å²) in [6.45, 7) is 0. The summed E-state index contributed by atoms with van der Waals surface area (Å²) >= 11 is 1.53. The van der Waals surface area contributed by atoms with Gasteiger partial charge in [-0.1, -0.05) is 78.9 Å². The molecule has 24 heavy (non-hydrogen) atoms. The monoisotopic (exact) mass is 335 g/mol. The van der Waals surface area contributed by atoms with Crippen LogP contribution < -0.4 is 0 Å². The first-order valence-electron chi connectivity index (χ1n) is 7.71. The first-order valence-corrected chi connectivity index (χ1v) is 8.59. The van der Waals surface area contributed by atoms with Crippen molar-refractivity contribution in [3.8, 4) is 0 Å². The summed E-state index contributed by atoms with van der Waals surface area (Å²) in [6, 6.07) is 28.0. The van der Waals surface area contributed by atoms with Crippen LogP contribution >= 0.6 is 11.8 Å². The normalized spacial score (nSPS) is 13.2. The van der Waals surface area contributed by atoms with Crippen LogP contribution in [0.5, 0.6) is 0 Å². The fourth-order valence-electron chi connectivity index (χ4n) is 2.66. The van der Waals surface area contributed by atoms with Gasteiger partial charge in [-0.3, -0.25) is 10.1 Å². The van der Waals surface area contributed by atoms with Crippen molar-refractivity contribution in [2.75, 3.05) is 0 Å². The van der Waals surface area contributed by atoms with Crippen LogP contribution in [-0.4, -0.2) is 4.92 Å². The lowest BCUT2D eigenvalue weighted by Gasteiger charge is -2.21. The van der Waals surface area contributed by atoms with Crippen LogP contribution in [0.2, 0.25) is 0 Å². The molecule has 3 aromatic rings. The van der Waals surface area contributed by atoms with Crippen molar-refractivity contribution in [1.82, 2.24) is 0 Å². The Morgan fingerprint density at radius 1 is 0.708 bits per heavy atom. The molecule has 0 amide bonds. The predicted molar refractivity (Wildman–Crippen MR) is 97.7 cm³/mol. The van der Waals surface area contributed by atoms with Crippen molar-refractivity contribution >= 4 is 11.8 Å². The second kappa shape index (κ2) is 7.79. The predicted octanol–water partition coefficient (Wildman–Crippen LogP) is 5.54. The Kier molecular flexibility index (Phi) is 5.29. The average molecular weight is 335 g/mol. The van der Waals surface area contributed by atoms with Crippen LogP contribution in [0.3, 0.4) is 0 Å². The standard InChI is InChI=1S/C20H17NO2S/c22-21(23)19(16-10-4-1-5-11-16)20(17-12-6-2-7-13-17)24-18-14-8-3-9-15-18/h1-15,19-20H/t19-,20+/m1/s1. The topological polar surface area (TPSA) is 43.1 Å². The molecule has 0 heterocycles. The van der Waals surface area contributed by atoms with Gasteiger partial charge in [-0.05, 0) is 17.7 Å². The molecule has 0 unspecified atom stereocenters. The quantitative estimate of drug-likeness (QED) is 0.337. The molecule has 0 bridgehead atoms. The highest BCUT2D eigenvalue weighted by molar-refractivity contribution is 7.99. The number of hydrogen-bond donors (Lipinski definition) is 0. The van der Waals surface area contributed by atoms with E-state index >= 15 is 0 Å². The molecule has 0 radical (unpaired) electrons. The lowest BCUT2D eigenvalue weighted by Crippen LogP contribution is -2.17. The molecular weight excluding hydrogens is 318 g/mol. The summed E-state index contributed by atoms with van der Waals surface area (Å²) in [6.07, 6.45) is 0. The summed E-state index contributed by atoms with van der Waals surface area (Å²) in [5, 5.41) is 11.6. The Morgan fingerprint density at radius 2 is 1.17 bits per heavy atom. The summed E-state index contributed by atoms with van der Waals surface area (Å²) in [7, 11) is 0. The van der Waals surface area contributed by atoms with Gasteiger partial charge < -0.3 is 0 Å². The van der Waals surface area contributed by atoms with E-state index in [4.69, 9.17) is 0 Å². The van der Waals surface area contributed by atoms with Gasteiger partial charge in [0.25, 0.3) is 6.04 Å². The Morgan fingerprint density at radius 3 is 1.67 bits per heavy atom. The molecule has 0 aliphatic heterocycles. The maximum Gasteiger partial charge on any atom is 0.254 e. The van der Waals surface area contributed by atoms with Gasteiger partial charge in [0.05, 0.1) is 0 Å². The lowest BCUT2D eigenvalue weighted by atomic mass is 9.99. The molecule has 0 spiro atoms. The van der Waals surface area contributed by atoms with Gasteiger partial charge in [-0.2, -0.15) is 0 Å². The molecule has 0 N–H and O–H groups in total. The smallest absolute Gasteiger partial charge is 0.254 e. The highest BCUT2D eigenvalue weighted by atomic mass is 32.2. The van der Waals surface area contributed by atoms with Gasteiger partial charge in [0, 0.05) is 15.4 Å². The Hall–Kier alpha value is -2.59. The Bertz CT molecular complexity index is 779. The van der Waals surface area contributed by atoms with Crippen molar-refractivity contribution in [3.05, 3.63) is 112 Å². The summed E-state index contributed by atoms with van der Waals surface area (Å²) in [4.78, 5) is 12.7. The van der Waals surface area contributed by atoms with Crippen LogP contribution in [-0.2, 0) is 0 Å². The van der Waals surface area contributed by atoms with Crippen LogP contribution in [0.15, 0.2) is 95.9 Å². The highest BCUT2D eigenvalue weighted by Gasteiger charge is 2.35. The van der Waals surface area contributed by atoms with Gasteiger partial charge in [0.1, 0.15) is 5.25 Å². The van der Waals surface area contributed by atoms with Gasteiger partial charge in [0.2, 0.25) is 0 Å².